The van der Waals surface area contributed by atoms with Crippen LogP contribution in [0.5, 0.6) is 0 Å². The second-order valence-corrected chi connectivity index (χ2v) is 8.04. The number of hydrogen-bond donors (Lipinski definition) is 1. The van der Waals surface area contributed by atoms with Gasteiger partial charge in [-0.2, -0.15) is 5.10 Å². The number of aromatic nitrogens is 2. The standard InChI is InChI=1S/C13H23N3O2S/c1-9-12(8-15-16(9)2)13(14)10-5-4-6-11(7-10)19(3,17)18/h8,10-11,13H,4-7,14H2,1-3H3. The van der Waals surface area contributed by atoms with E-state index in [0.717, 1.165) is 30.5 Å². The van der Waals surface area contributed by atoms with Crippen molar-refractivity contribution in [3.05, 3.63) is 17.5 Å². The second kappa shape index (κ2) is 5.25. The molecule has 0 aromatic carbocycles. The molecule has 1 aliphatic rings. The van der Waals surface area contributed by atoms with Crippen LogP contribution in [0.1, 0.15) is 43.0 Å². The van der Waals surface area contributed by atoms with Gasteiger partial charge in [0.15, 0.2) is 0 Å². The predicted molar refractivity (Wildman–Crippen MR) is 75.5 cm³/mol. The van der Waals surface area contributed by atoms with E-state index in [4.69, 9.17) is 5.73 Å². The highest BCUT2D eigenvalue weighted by Crippen LogP contribution is 2.36. The van der Waals surface area contributed by atoms with E-state index in [1.807, 2.05) is 24.9 Å². The number of sulfone groups is 1. The highest BCUT2D eigenvalue weighted by atomic mass is 32.2. The van der Waals surface area contributed by atoms with Gasteiger partial charge in [0.05, 0.1) is 11.4 Å². The van der Waals surface area contributed by atoms with Crippen LogP contribution in [-0.4, -0.2) is 29.7 Å². The maximum Gasteiger partial charge on any atom is 0.150 e. The van der Waals surface area contributed by atoms with Crippen LogP contribution in [0.25, 0.3) is 0 Å². The van der Waals surface area contributed by atoms with Crippen molar-refractivity contribution in [2.45, 2.75) is 43.9 Å². The maximum atomic E-state index is 11.7. The molecule has 108 valence electrons. The molecule has 0 bridgehead atoms. The van der Waals surface area contributed by atoms with Gasteiger partial charge in [0.25, 0.3) is 0 Å². The Morgan fingerprint density at radius 3 is 2.68 bits per heavy atom. The first-order valence-electron chi connectivity index (χ1n) is 6.73. The summed E-state index contributed by atoms with van der Waals surface area (Å²) in [5, 5.41) is 3.99. The molecular weight excluding hydrogens is 262 g/mol. The van der Waals surface area contributed by atoms with E-state index < -0.39 is 9.84 Å². The minimum absolute atomic E-state index is 0.113. The molecule has 0 saturated heterocycles. The van der Waals surface area contributed by atoms with Gasteiger partial charge in [-0.05, 0) is 32.1 Å². The fraction of sp³-hybridized carbons (Fsp3) is 0.769. The van der Waals surface area contributed by atoms with Crippen molar-refractivity contribution in [3.8, 4) is 0 Å². The summed E-state index contributed by atoms with van der Waals surface area (Å²) >= 11 is 0. The number of aryl methyl sites for hydroxylation is 1. The van der Waals surface area contributed by atoms with Crippen LogP contribution in [0.15, 0.2) is 6.20 Å². The molecule has 0 amide bonds. The van der Waals surface area contributed by atoms with E-state index >= 15 is 0 Å². The third-order valence-corrected chi connectivity index (χ3v) is 6.05. The van der Waals surface area contributed by atoms with E-state index in [1.54, 1.807) is 0 Å². The number of hydrogen-bond acceptors (Lipinski definition) is 4. The summed E-state index contributed by atoms with van der Waals surface area (Å²) in [5.41, 5.74) is 8.45. The zero-order chi connectivity index (χ0) is 14.2. The van der Waals surface area contributed by atoms with Gasteiger partial charge < -0.3 is 5.73 Å². The van der Waals surface area contributed by atoms with Gasteiger partial charge in [-0.15, -0.1) is 0 Å². The fourth-order valence-corrected chi connectivity index (χ4v) is 4.18. The predicted octanol–water partition coefficient (Wildman–Crippen LogP) is 1.33. The monoisotopic (exact) mass is 285 g/mol. The van der Waals surface area contributed by atoms with Crippen LogP contribution in [0, 0.1) is 12.8 Å². The molecule has 2 rings (SSSR count). The van der Waals surface area contributed by atoms with Crippen molar-refractivity contribution in [2.75, 3.05) is 6.26 Å². The molecule has 0 radical (unpaired) electrons. The average molecular weight is 285 g/mol. The zero-order valence-corrected chi connectivity index (χ0v) is 12.7. The molecule has 0 spiro atoms. The van der Waals surface area contributed by atoms with Gasteiger partial charge in [0, 0.05) is 30.6 Å². The van der Waals surface area contributed by atoms with Crippen LogP contribution in [0.4, 0.5) is 0 Å². The minimum atomic E-state index is -2.96. The van der Waals surface area contributed by atoms with Crippen molar-refractivity contribution in [2.24, 2.45) is 18.7 Å². The summed E-state index contributed by atoms with van der Waals surface area (Å²) in [5.74, 6) is 0.233. The molecular formula is C13H23N3O2S. The lowest BCUT2D eigenvalue weighted by molar-refractivity contribution is 0.308. The van der Waals surface area contributed by atoms with Crippen LogP contribution < -0.4 is 5.73 Å². The van der Waals surface area contributed by atoms with Gasteiger partial charge >= 0.3 is 0 Å². The minimum Gasteiger partial charge on any atom is -0.324 e. The average Bonchev–Trinajstić information content (AvgIpc) is 2.68. The Kier molecular flexibility index (Phi) is 4.01. The molecule has 6 heteroatoms. The quantitative estimate of drug-likeness (QED) is 0.909. The number of nitrogens with zero attached hydrogens (tertiary/aromatic N) is 2. The summed E-state index contributed by atoms with van der Waals surface area (Å²) < 4.78 is 25.2. The van der Waals surface area contributed by atoms with E-state index in [0.29, 0.717) is 6.42 Å². The van der Waals surface area contributed by atoms with Crippen LogP contribution in [0.3, 0.4) is 0 Å². The van der Waals surface area contributed by atoms with Gasteiger partial charge in [0.2, 0.25) is 0 Å². The van der Waals surface area contributed by atoms with Crippen molar-refractivity contribution >= 4 is 9.84 Å². The first-order valence-corrected chi connectivity index (χ1v) is 8.69. The molecule has 0 aliphatic heterocycles. The molecule has 1 aromatic heterocycles. The first-order chi connectivity index (χ1) is 8.80. The van der Waals surface area contributed by atoms with Crippen molar-refractivity contribution in [1.29, 1.82) is 0 Å². The summed E-state index contributed by atoms with van der Waals surface area (Å²) in [6.45, 7) is 2.00. The molecule has 2 N–H and O–H groups in total. The summed E-state index contributed by atoms with van der Waals surface area (Å²) in [6, 6.07) is -0.113. The number of nitrogens with two attached hydrogens (primary N) is 1. The van der Waals surface area contributed by atoms with Crippen LogP contribution in [-0.2, 0) is 16.9 Å². The Morgan fingerprint density at radius 2 is 2.16 bits per heavy atom. The molecule has 5 nitrogen and oxygen atoms in total. The Hall–Kier alpha value is -0.880. The van der Waals surface area contributed by atoms with E-state index in [2.05, 4.69) is 5.10 Å². The number of rotatable bonds is 3. The van der Waals surface area contributed by atoms with Gasteiger partial charge in [0.1, 0.15) is 9.84 Å². The summed E-state index contributed by atoms with van der Waals surface area (Å²) in [7, 11) is -1.06. The smallest absolute Gasteiger partial charge is 0.150 e. The Bertz CT molecular complexity index is 550. The van der Waals surface area contributed by atoms with E-state index in [-0.39, 0.29) is 17.2 Å². The van der Waals surface area contributed by atoms with E-state index in [9.17, 15) is 8.42 Å². The molecule has 3 atom stereocenters. The van der Waals surface area contributed by atoms with Crippen molar-refractivity contribution < 1.29 is 8.42 Å². The third kappa shape index (κ3) is 3.00. The molecule has 19 heavy (non-hydrogen) atoms. The zero-order valence-electron chi connectivity index (χ0n) is 11.8. The molecule has 1 heterocycles. The summed E-state index contributed by atoms with van der Waals surface area (Å²) in [4.78, 5) is 0. The van der Waals surface area contributed by atoms with Gasteiger partial charge in [-0.25, -0.2) is 8.42 Å². The van der Waals surface area contributed by atoms with Crippen molar-refractivity contribution in [3.63, 3.8) is 0 Å². The third-order valence-electron chi connectivity index (χ3n) is 4.41. The SMILES string of the molecule is Cc1c(C(N)C2CCCC(S(C)(=O)=O)C2)cnn1C. The normalized spacial score (nSPS) is 26.3. The lowest BCUT2D eigenvalue weighted by Gasteiger charge is -2.32. The Balaban J connectivity index is 2.16. The first kappa shape index (κ1) is 14.5. The fourth-order valence-electron chi connectivity index (χ4n) is 2.99. The van der Waals surface area contributed by atoms with Crippen molar-refractivity contribution in [1.82, 2.24) is 9.78 Å². The summed E-state index contributed by atoms with van der Waals surface area (Å²) in [6.07, 6.45) is 6.53. The lowest BCUT2D eigenvalue weighted by atomic mass is 9.81. The topological polar surface area (TPSA) is 78.0 Å². The molecule has 1 saturated carbocycles. The van der Waals surface area contributed by atoms with Crippen LogP contribution in [0.2, 0.25) is 0 Å². The van der Waals surface area contributed by atoms with Gasteiger partial charge in [-0.3, -0.25) is 4.68 Å². The van der Waals surface area contributed by atoms with E-state index in [1.165, 1.54) is 6.26 Å². The van der Waals surface area contributed by atoms with Gasteiger partial charge in [-0.1, -0.05) is 6.42 Å². The molecule has 1 aromatic rings. The maximum absolute atomic E-state index is 11.7. The Morgan fingerprint density at radius 1 is 1.47 bits per heavy atom. The molecule has 3 unspecified atom stereocenters. The second-order valence-electron chi connectivity index (χ2n) is 5.71. The van der Waals surface area contributed by atoms with Crippen LogP contribution >= 0.6 is 0 Å². The molecule has 1 aliphatic carbocycles. The highest BCUT2D eigenvalue weighted by Gasteiger charge is 2.33. The lowest BCUT2D eigenvalue weighted by Crippen LogP contribution is -2.33. The Labute approximate surface area is 115 Å². The highest BCUT2D eigenvalue weighted by molar-refractivity contribution is 7.91. The largest absolute Gasteiger partial charge is 0.324 e. The molecule has 1 fully saturated rings.